The zero-order chi connectivity index (χ0) is 12.8. The predicted octanol–water partition coefficient (Wildman–Crippen LogP) is 2.65. The van der Waals surface area contributed by atoms with Crippen LogP contribution in [-0.4, -0.2) is 22.2 Å². The van der Waals surface area contributed by atoms with Gasteiger partial charge in [-0.2, -0.15) is 0 Å². The van der Waals surface area contributed by atoms with Crippen molar-refractivity contribution in [3.63, 3.8) is 0 Å². The lowest BCUT2D eigenvalue weighted by atomic mass is 9.97. The fraction of sp³-hybridized carbons (Fsp3) is 0.231. The summed E-state index contributed by atoms with van der Waals surface area (Å²) in [5.74, 6) is -1.93. The molecular formula is C13H14O4. The van der Waals surface area contributed by atoms with Crippen LogP contribution in [-0.2, 0) is 4.79 Å². The third kappa shape index (κ3) is 3.45. The van der Waals surface area contributed by atoms with E-state index in [1.54, 1.807) is 24.3 Å². The molecule has 2 N–H and O–H groups in total. The molecule has 0 aliphatic carbocycles. The summed E-state index contributed by atoms with van der Waals surface area (Å²) in [4.78, 5) is 21.5. The van der Waals surface area contributed by atoms with Crippen LogP contribution in [0.3, 0.4) is 0 Å². The molecule has 0 unspecified atom stereocenters. The fourth-order valence-corrected chi connectivity index (χ4v) is 1.60. The Hall–Kier alpha value is -2.10. The fourth-order valence-electron chi connectivity index (χ4n) is 1.60. The summed E-state index contributed by atoms with van der Waals surface area (Å²) in [5.41, 5.74) is 1.53. The van der Waals surface area contributed by atoms with Gasteiger partial charge >= 0.3 is 11.9 Å². The van der Waals surface area contributed by atoms with E-state index in [1.807, 2.05) is 6.92 Å². The number of hydrogen-bond donors (Lipinski definition) is 2. The summed E-state index contributed by atoms with van der Waals surface area (Å²) >= 11 is 0. The van der Waals surface area contributed by atoms with Crippen molar-refractivity contribution in [3.05, 3.63) is 41.5 Å². The molecule has 0 amide bonds. The quantitative estimate of drug-likeness (QED) is 0.821. The molecule has 90 valence electrons. The van der Waals surface area contributed by atoms with E-state index in [9.17, 15) is 9.59 Å². The molecule has 0 bridgehead atoms. The van der Waals surface area contributed by atoms with E-state index in [4.69, 9.17) is 10.2 Å². The maximum Gasteiger partial charge on any atom is 0.336 e. The zero-order valence-corrected chi connectivity index (χ0v) is 9.51. The van der Waals surface area contributed by atoms with E-state index >= 15 is 0 Å². The molecule has 0 saturated heterocycles. The minimum Gasteiger partial charge on any atom is -0.481 e. The molecule has 1 aromatic carbocycles. The summed E-state index contributed by atoms with van der Waals surface area (Å²) in [6.07, 6.45) is 2.05. The lowest BCUT2D eigenvalue weighted by Crippen LogP contribution is -2.02. The number of aromatic carboxylic acids is 1. The molecule has 0 aliphatic heterocycles. The van der Waals surface area contributed by atoms with Gasteiger partial charge in [-0.05, 0) is 23.6 Å². The minimum absolute atomic E-state index is 0.100. The predicted molar refractivity (Wildman–Crippen MR) is 63.9 cm³/mol. The largest absolute Gasteiger partial charge is 0.481 e. The van der Waals surface area contributed by atoms with E-state index in [0.717, 1.165) is 5.57 Å². The van der Waals surface area contributed by atoms with Gasteiger partial charge in [0.25, 0.3) is 0 Å². The van der Waals surface area contributed by atoms with Crippen LogP contribution in [0.25, 0.3) is 5.57 Å². The van der Waals surface area contributed by atoms with Gasteiger partial charge < -0.3 is 10.2 Å². The van der Waals surface area contributed by atoms with Gasteiger partial charge in [-0.3, -0.25) is 4.79 Å². The normalized spacial score (nSPS) is 11.2. The highest BCUT2D eigenvalue weighted by Gasteiger charge is 2.11. The van der Waals surface area contributed by atoms with Crippen LogP contribution in [0.2, 0.25) is 0 Å². The molecule has 4 heteroatoms. The van der Waals surface area contributed by atoms with Crippen LogP contribution in [0.1, 0.15) is 35.7 Å². The van der Waals surface area contributed by atoms with Crippen LogP contribution in [0.5, 0.6) is 0 Å². The molecule has 0 aliphatic rings. The van der Waals surface area contributed by atoms with Crippen molar-refractivity contribution < 1.29 is 19.8 Å². The first-order chi connectivity index (χ1) is 8.06. The molecule has 1 rings (SSSR count). The molecule has 0 radical (unpaired) electrons. The molecule has 4 nitrogen and oxygen atoms in total. The highest BCUT2D eigenvalue weighted by Crippen LogP contribution is 2.22. The maximum atomic E-state index is 11.0. The van der Waals surface area contributed by atoms with Gasteiger partial charge in [0.05, 0.1) is 12.0 Å². The Bertz CT molecular complexity index is 460. The first-order valence-corrected chi connectivity index (χ1v) is 5.29. The van der Waals surface area contributed by atoms with Crippen LogP contribution in [0.15, 0.2) is 30.3 Å². The second kappa shape index (κ2) is 5.84. The van der Waals surface area contributed by atoms with E-state index in [2.05, 4.69) is 0 Å². The highest BCUT2D eigenvalue weighted by molar-refractivity contribution is 5.94. The van der Waals surface area contributed by atoms with Crippen molar-refractivity contribution in [2.24, 2.45) is 0 Å². The van der Waals surface area contributed by atoms with Crippen molar-refractivity contribution in [2.75, 3.05) is 0 Å². The summed E-state index contributed by atoms with van der Waals surface area (Å²) in [5, 5.41) is 17.7. The summed E-state index contributed by atoms with van der Waals surface area (Å²) < 4.78 is 0. The Morgan fingerprint density at radius 1 is 1.18 bits per heavy atom. The SMILES string of the molecule is CC/C(=C\CC(=O)O)c1ccccc1C(=O)O. The Balaban J connectivity index is 3.16. The molecule has 0 spiro atoms. The van der Waals surface area contributed by atoms with E-state index in [1.165, 1.54) is 6.07 Å². The summed E-state index contributed by atoms with van der Waals surface area (Å²) in [7, 11) is 0. The number of hydrogen-bond acceptors (Lipinski definition) is 2. The number of benzene rings is 1. The van der Waals surface area contributed by atoms with E-state index in [0.29, 0.717) is 12.0 Å². The molecule has 0 saturated carbocycles. The number of carboxylic acids is 2. The topological polar surface area (TPSA) is 74.6 Å². The maximum absolute atomic E-state index is 11.0. The Labute approximate surface area is 99.2 Å². The molecule has 0 atom stereocenters. The Morgan fingerprint density at radius 2 is 1.76 bits per heavy atom. The van der Waals surface area contributed by atoms with Crippen molar-refractivity contribution in [1.29, 1.82) is 0 Å². The second-order valence-corrected chi connectivity index (χ2v) is 3.53. The number of carbonyl (C=O) groups is 2. The van der Waals surface area contributed by atoms with Crippen LogP contribution >= 0.6 is 0 Å². The molecule has 1 aromatic rings. The number of allylic oxidation sites excluding steroid dienone is 1. The van der Waals surface area contributed by atoms with Gasteiger partial charge in [0.15, 0.2) is 0 Å². The van der Waals surface area contributed by atoms with Crippen molar-refractivity contribution in [1.82, 2.24) is 0 Å². The molecule has 0 aromatic heterocycles. The monoisotopic (exact) mass is 234 g/mol. The van der Waals surface area contributed by atoms with Gasteiger partial charge in [0.1, 0.15) is 0 Å². The second-order valence-electron chi connectivity index (χ2n) is 3.53. The number of carboxylic acid groups (broad SMARTS) is 2. The zero-order valence-electron chi connectivity index (χ0n) is 9.51. The third-order valence-electron chi connectivity index (χ3n) is 2.41. The first-order valence-electron chi connectivity index (χ1n) is 5.29. The lowest BCUT2D eigenvalue weighted by Gasteiger charge is -2.08. The van der Waals surface area contributed by atoms with E-state index in [-0.39, 0.29) is 12.0 Å². The molecular weight excluding hydrogens is 220 g/mol. The number of aliphatic carboxylic acids is 1. The van der Waals surface area contributed by atoms with Gasteiger partial charge in [-0.25, -0.2) is 4.79 Å². The molecule has 0 heterocycles. The molecule has 0 fully saturated rings. The number of rotatable bonds is 5. The summed E-state index contributed by atoms with van der Waals surface area (Å²) in [6, 6.07) is 6.60. The smallest absolute Gasteiger partial charge is 0.336 e. The third-order valence-corrected chi connectivity index (χ3v) is 2.41. The van der Waals surface area contributed by atoms with Gasteiger partial charge in [0.2, 0.25) is 0 Å². The summed E-state index contributed by atoms with van der Waals surface area (Å²) in [6.45, 7) is 1.87. The Morgan fingerprint density at radius 3 is 2.24 bits per heavy atom. The van der Waals surface area contributed by atoms with E-state index < -0.39 is 11.9 Å². The van der Waals surface area contributed by atoms with Crippen LogP contribution in [0.4, 0.5) is 0 Å². The first kappa shape index (κ1) is 13.0. The van der Waals surface area contributed by atoms with Gasteiger partial charge in [-0.1, -0.05) is 31.2 Å². The van der Waals surface area contributed by atoms with Crippen LogP contribution < -0.4 is 0 Å². The van der Waals surface area contributed by atoms with Gasteiger partial charge in [-0.15, -0.1) is 0 Å². The lowest BCUT2D eigenvalue weighted by molar-refractivity contribution is -0.136. The van der Waals surface area contributed by atoms with Crippen molar-refractivity contribution >= 4 is 17.5 Å². The average molecular weight is 234 g/mol. The highest BCUT2D eigenvalue weighted by atomic mass is 16.4. The van der Waals surface area contributed by atoms with Gasteiger partial charge in [0, 0.05) is 0 Å². The molecule has 17 heavy (non-hydrogen) atoms. The average Bonchev–Trinajstić information content (AvgIpc) is 2.30. The minimum atomic E-state index is -1.00. The Kier molecular flexibility index (Phi) is 4.46. The standard InChI is InChI=1S/C13H14O4/c1-2-9(7-8-12(14)15)10-5-3-4-6-11(10)13(16)17/h3-7H,2,8H2,1H3,(H,14,15)(H,16,17)/b9-7+. The van der Waals surface area contributed by atoms with Crippen molar-refractivity contribution in [2.45, 2.75) is 19.8 Å². The van der Waals surface area contributed by atoms with Crippen molar-refractivity contribution in [3.8, 4) is 0 Å². The van der Waals surface area contributed by atoms with Crippen LogP contribution in [0, 0.1) is 0 Å².